The lowest BCUT2D eigenvalue weighted by atomic mass is 10.1. The van der Waals surface area contributed by atoms with Crippen molar-refractivity contribution in [2.45, 2.75) is 26.3 Å². The fraction of sp³-hybridized carbons (Fsp3) is 0.294. The summed E-state index contributed by atoms with van der Waals surface area (Å²) in [7, 11) is 1.64. The first-order chi connectivity index (χ1) is 10.3. The molecule has 0 spiro atoms. The van der Waals surface area contributed by atoms with Gasteiger partial charge < -0.3 is 4.84 Å². The van der Waals surface area contributed by atoms with Gasteiger partial charge in [-0.2, -0.15) is 5.11 Å². The Hall–Kier alpha value is -2.36. The molecule has 4 nitrogen and oxygen atoms in total. The molecule has 0 fully saturated rings. The third kappa shape index (κ3) is 3.81. The summed E-state index contributed by atoms with van der Waals surface area (Å²) < 4.78 is 0. The smallest absolute Gasteiger partial charge is 0.165 e. The first-order valence-electron chi connectivity index (χ1n) is 7.17. The topological polar surface area (TPSA) is 37.2 Å². The zero-order chi connectivity index (χ0) is 15.1. The van der Waals surface area contributed by atoms with E-state index in [1.165, 1.54) is 0 Å². The second-order valence-corrected chi connectivity index (χ2v) is 4.80. The molecule has 2 aromatic rings. The maximum absolute atomic E-state index is 5.97. The molecule has 0 aromatic heterocycles. The van der Waals surface area contributed by atoms with Gasteiger partial charge in [0.05, 0.1) is 13.1 Å². The van der Waals surface area contributed by atoms with E-state index in [0.29, 0.717) is 0 Å². The van der Waals surface area contributed by atoms with E-state index in [1.807, 2.05) is 42.5 Å². The van der Waals surface area contributed by atoms with Gasteiger partial charge in [-0.25, -0.2) is 0 Å². The van der Waals surface area contributed by atoms with Gasteiger partial charge in [-0.15, -0.1) is 5.17 Å². The van der Waals surface area contributed by atoms with Gasteiger partial charge >= 0.3 is 0 Å². The monoisotopic (exact) mass is 283 g/mol. The molecular formula is C17H21N3O. The molecule has 4 heteroatoms. The molecule has 0 heterocycles. The van der Waals surface area contributed by atoms with Crippen molar-refractivity contribution in [3.63, 3.8) is 0 Å². The molecule has 2 aromatic carbocycles. The Bertz CT molecular complexity index is 584. The van der Waals surface area contributed by atoms with Crippen LogP contribution in [0.15, 0.2) is 64.9 Å². The summed E-state index contributed by atoms with van der Waals surface area (Å²) in [6, 6.07) is 18.3. The summed E-state index contributed by atoms with van der Waals surface area (Å²) >= 11 is 0. The molecule has 21 heavy (non-hydrogen) atoms. The summed E-state index contributed by atoms with van der Waals surface area (Å²) in [5, 5.41) is 9.45. The van der Waals surface area contributed by atoms with E-state index in [-0.39, 0.29) is 6.04 Å². The molecular weight excluding hydrogens is 262 g/mol. The Kier molecular flexibility index (Phi) is 5.32. The van der Waals surface area contributed by atoms with Gasteiger partial charge in [0.1, 0.15) is 0 Å². The van der Waals surface area contributed by atoms with E-state index in [0.717, 1.165) is 23.3 Å². The lowest BCUT2D eigenvalue weighted by Crippen LogP contribution is -2.30. The van der Waals surface area contributed by atoms with Crippen LogP contribution in [0.3, 0.4) is 0 Å². The van der Waals surface area contributed by atoms with Crippen LogP contribution >= 0.6 is 0 Å². The average Bonchev–Trinajstić information content (AvgIpc) is 2.55. The van der Waals surface area contributed by atoms with Gasteiger partial charge in [-0.3, -0.25) is 0 Å². The molecule has 2 rings (SSSR count). The molecule has 0 bridgehead atoms. The predicted octanol–water partition coefficient (Wildman–Crippen LogP) is 4.74. The van der Waals surface area contributed by atoms with Crippen LogP contribution < -0.4 is 4.84 Å². The lowest BCUT2D eigenvalue weighted by Gasteiger charge is -2.24. The molecule has 0 aliphatic rings. The van der Waals surface area contributed by atoms with Crippen LogP contribution in [0.2, 0.25) is 0 Å². The first-order valence-corrected chi connectivity index (χ1v) is 7.17. The predicted molar refractivity (Wildman–Crippen MR) is 84.9 cm³/mol. The zero-order valence-corrected chi connectivity index (χ0v) is 12.7. The molecule has 0 saturated heterocycles. The van der Waals surface area contributed by atoms with Crippen LogP contribution in [0, 0.1) is 0 Å². The highest BCUT2D eigenvalue weighted by molar-refractivity contribution is 5.70. The standard InChI is InChI=1S/C17H21N3O/c1-4-14(2)20(19-18-3)21-17-13-9-8-12-16(17)15-10-6-5-7-11-15/h5-14H,4H2,1-3H3/b19-18-. The van der Waals surface area contributed by atoms with E-state index in [4.69, 9.17) is 4.84 Å². The van der Waals surface area contributed by atoms with Gasteiger partial charge in [0, 0.05) is 5.56 Å². The van der Waals surface area contributed by atoms with Crippen molar-refractivity contribution >= 4 is 0 Å². The first kappa shape index (κ1) is 15.0. The minimum atomic E-state index is 0.150. The SMILES string of the molecule is CCC(C)N(/N=N\C)Oc1ccccc1-c1ccccc1. The Morgan fingerprint density at radius 3 is 2.38 bits per heavy atom. The van der Waals surface area contributed by atoms with Crippen molar-refractivity contribution in [2.24, 2.45) is 10.3 Å². The van der Waals surface area contributed by atoms with Gasteiger partial charge in [0.15, 0.2) is 5.75 Å². The number of nitrogens with zero attached hydrogens (tertiary/aromatic N) is 3. The Balaban J connectivity index is 2.32. The quantitative estimate of drug-likeness (QED) is 0.567. The van der Waals surface area contributed by atoms with E-state index in [2.05, 4.69) is 36.3 Å². The highest BCUT2D eigenvalue weighted by atomic mass is 16.7. The van der Waals surface area contributed by atoms with Gasteiger partial charge in [0.25, 0.3) is 0 Å². The van der Waals surface area contributed by atoms with Gasteiger partial charge in [0.2, 0.25) is 0 Å². The van der Waals surface area contributed by atoms with Crippen molar-refractivity contribution < 1.29 is 4.84 Å². The number of rotatable bonds is 6. The number of hydroxylamine groups is 1. The second-order valence-electron chi connectivity index (χ2n) is 4.80. The van der Waals surface area contributed by atoms with Crippen LogP contribution in [0.4, 0.5) is 0 Å². The summed E-state index contributed by atoms with van der Waals surface area (Å²) in [5.74, 6) is 0.774. The number of para-hydroxylation sites is 1. The number of hydrogen-bond acceptors (Lipinski definition) is 3. The largest absolute Gasteiger partial charge is 0.360 e. The van der Waals surface area contributed by atoms with Crippen LogP contribution in [-0.4, -0.2) is 18.3 Å². The summed E-state index contributed by atoms with van der Waals surface area (Å²) in [6.45, 7) is 4.15. The van der Waals surface area contributed by atoms with E-state index < -0.39 is 0 Å². The second kappa shape index (κ2) is 7.43. The number of hydrogen-bond donors (Lipinski definition) is 0. The maximum atomic E-state index is 5.97. The molecule has 0 radical (unpaired) electrons. The molecule has 0 aliphatic carbocycles. The fourth-order valence-electron chi connectivity index (χ4n) is 1.94. The van der Waals surface area contributed by atoms with Gasteiger partial charge in [-0.05, 0) is 30.2 Å². The summed E-state index contributed by atoms with van der Waals surface area (Å²) in [4.78, 5) is 5.97. The van der Waals surface area contributed by atoms with E-state index >= 15 is 0 Å². The van der Waals surface area contributed by atoms with Crippen LogP contribution in [0.5, 0.6) is 5.75 Å². The Morgan fingerprint density at radius 1 is 1.05 bits per heavy atom. The molecule has 0 aliphatic heterocycles. The van der Waals surface area contributed by atoms with Crippen molar-refractivity contribution in [3.05, 3.63) is 54.6 Å². The van der Waals surface area contributed by atoms with E-state index in [9.17, 15) is 0 Å². The highest BCUT2D eigenvalue weighted by Gasteiger charge is 2.15. The third-order valence-electron chi connectivity index (χ3n) is 3.31. The number of benzene rings is 2. The van der Waals surface area contributed by atoms with Crippen molar-refractivity contribution in [1.82, 2.24) is 5.17 Å². The van der Waals surface area contributed by atoms with Crippen LogP contribution in [-0.2, 0) is 0 Å². The normalized spacial score (nSPS) is 12.3. The van der Waals surface area contributed by atoms with Gasteiger partial charge in [-0.1, -0.05) is 55.5 Å². The molecule has 1 atom stereocenters. The molecule has 0 N–H and O–H groups in total. The lowest BCUT2D eigenvalue weighted by molar-refractivity contribution is -0.0976. The molecule has 110 valence electrons. The van der Waals surface area contributed by atoms with Crippen molar-refractivity contribution in [2.75, 3.05) is 7.05 Å². The molecule has 1 unspecified atom stereocenters. The molecule has 0 saturated carbocycles. The van der Waals surface area contributed by atoms with Crippen LogP contribution in [0.25, 0.3) is 11.1 Å². The van der Waals surface area contributed by atoms with Crippen molar-refractivity contribution in [3.8, 4) is 16.9 Å². The minimum Gasteiger partial charge on any atom is -0.360 e. The van der Waals surface area contributed by atoms with E-state index in [1.54, 1.807) is 12.2 Å². The Labute approximate surface area is 126 Å². The summed E-state index contributed by atoms with van der Waals surface area (Å²) in [5.41, 5.74) is 2.16. The van der Waals surface area contributed by atoms with Crippen LogP contribution in [0.1, 0.15) is 20.3 Å². The maximum Gasteiger partial charge on any atom is 0.165 e. The zero-order valence-electron chi connectivity index (χ0n) is 12.7. The minimum absolute atomic E-state index is 0.150. The third-order valence-corrected chi connectivity index (χ3v) is 3.31. The van der Waals surface area contributed by atoms with Crippen molar-refractivity contribution in [1.29, 1.82) is 0 Å². The Morgan fingerprint density at radius 2 is 1.71 bits per heavy atom. The highest BCUT2D eigenvalue weighted by Crippen LogP contribution is 2.30. The summed E-state index contributed by atoms with van der Waals surface area (Å²) in [6.07, 6.45) is 0.923. The fourth-order valence-corrected chi connectivity index (χ4v) is 1.94. The average molecular weight is 283 g/mol. The molecule has 0 amide bonds.